The highest BCUT2D eigenvalue weighted by atomic mass is 16.5. The third-order valence-electron chi connectivity index (χ3n) is 2.33. The number of hydrogen-bond donors (Lipinski definition) is 1. The first-order chi connectivity index (χ1) is 8.12. The lowest BCUT2D eigenvalue weighted by Gasteiger charge is -2.24. The van der Waals surface area contributed by atoms with Gasteiger partial charge >= 0.3 is 0 Å². The van der Waals surface area contributed by atoms with Gasteiger partial charge in [-0.25, -0.2) is 0 Å². The van der Waals surface area contributed by atoms with Crippen LogP contribution in [0.1, 0.15) is 27.2 Å². The van der Waals surface area contributed by atoms with E-state index in [4.69, 9.17) is 14.2 Å². The first-order valence-corrected chi connectivity index (χ1v) is 6.47. The van der Waals surface area contributed by atoms with Crippen LogP contribution in [0.15, 0.2) is 0 Å². The Labute approximate surface area is 106 Å². The molecule has 0 radical (unpaired) electrons. The SMILES string of the molecule is CCCNCC(C)(C)COCCOCCOC. The Balaban J connectivity index is 3.32. The smallest absolute Gasteiger partial charge is 0.0701 e. The van der Waals surface area contributed by atoms with Gasteiger partial charge < -0.3 is 19.5 Å². The van der Waals surface area contributed by atoms with Gasteiger partial charge in [0.05, 0.1) is 33.0 Å². The second-order valence-corrected chi connectivity index (χ2v) is 5.00. The summed E-state index contributed by atoms with van der Waals surface area (Å²) in [6.07, 6.45) is 1.17. The van der Waals surface area contributed by atoms with Gasteiger partial charge in [-0.1, -0.05) is 20.8 Å². The fourth-order valence-corrected chi connectivity index (χ4v) is 1.37. The Morgan fingerprint density at radius 3 is 2.29 bits per heavy atom. The molecule has 0 bridgehead atoms. The van der Waals surface area contributed by atoms with Gasteiger partial charge in [-0.3, -0.25) is 0 Å². The predicted molar refractivity (Wildman–Crippen MR) is 70.5 cm³/mol. The Bertz CT molecular complexity index is 163. The van der Waals surface area contributed by atoms with E-state index in [1.54, 1.807) is 7.11 Å². The van der Waals surface area contributed by atoms with E-state index in [9.17, 15) is 0 Å². The second kappa shape index (κ2) is 11.0. The van der Waals surface area contributed by atoms with Gasteiger partial charge in [0.15, 0.2) is 0 Å². The predicted octanol–water partition coefficient (Wildman–Crippen LogP) is 1.69. The number of nitrogens with one attached hydrogen (secondary N) is 1. The molecule has 0 unspecified atom stereocenters. The quantitative estimate of drug-likeness (QED) is 0.533. The summed E-state index contributed by atoms with van der Waals surface area (Å²) in [5, 5.41) is 3.42. The monoisotopic (exact) mass is 247 g/mol. The van der Waals surface area contributed by atoms with E-state index in [0.29, 0.717) is 26.4 Å². The van der Waals surface area contributed by atoms with Crippen molar-refractivity contribution < 1.29 is 14.2 Å². The molecule has 0 fully saturated rings. The van der Waals surface area contributed by atoms with Crippen LogP contribution in [0.25, 0.3) is 0 Å². The zero-order valence-corrected chi connectivity index (χ0v) is 11.9. The Kier molecular flexibility index (Phi) is 10.9. The average molecular weight is 247 g/mol. The van der Waals surface area contributed by atoms with Crippen LogP contribution in [0.5, 0.6) is 0 Å². The zero-order chi connectivity index (χ0) is 13.0. The molecule has 0 atom stereocenters. The van der Waals surface area contributed by atoms with E-state index in [1.165, 1.54) is 6.42 Å². The lowest BCUT2D eigenvalue weighted by molar-refractivity contribution is 0.00256. The molecule has 0 saturated carbocycles. The molecule has 0 aliphatic carbocycles. The standard InChI is InChI=1S/C13H29NO3/c1-5-6-14-11-13(2,3)12-17-10-9-16-8-7-15-4/h14H,5-12H2,1-4H3. The largest absolute Gasteiger partial charge is 0.382 e. The first kappa shape index (κ1) is 16.8. The minimum Gasteiger partial charge on any atom is -0.382 e. The van der Waals surface area contributed by atoms with Crippen molar-refractivity contribution in [3.63, 3.8) is 0 Å². The van der Waals surface area contributed by atoms with E-state index in [-0.39, 0.29) is 5.41 Å². The normalized spacial score (nSPS) is 12.0. The van der Waals surface area contributed by atoms with E-state index in [0.717, 1.165) is 19.7 Å². The van der Waals surface area contributed by atoms with E-state index >= 15 is 0 Å². The first-order valence-electron chi connectivity index (χ1n) is 6.47. The summed E-state index contributed by atoms with van der Waals surface area (Å²) in [4.78, 5) is 0. The maximum atomic E-state index is 5.60. The van der Waals surface area contributed by atoms with Gasteiger partial charge in [-0.2, -0.15) is 0 Å². The molecule has 104 valence electrons. The van der Waals surface area contributed by atoms with Crippen LogP contribution in [-0.2, 0) is 14.2 Å². The minimum absolute atomic E-state index is 0.182. The third kappa shape index (κ3) is 12.1. The summed E-state index contributed by atoms with van der Waals surface area (Å²) in [5.74, 6) is 0. The van der Waals surface area contributed by atoms with E-state index < -0.39 is 0 Å². The molecule has 0 amide bonds. The van der Waals surface area contributed by atoms with Gasteiger partial charge in [-0.15, -0.1) is 0 Å². The molecule has 0 aromatic rings. The van der Waals surface area contributed by atoms with Gasteiger partial charge in [0.25, 0.3) is 0 Å². The molecule has 4 heteroatoms. The van der Waals surface area contributed by atoms with Crippen LogP contribution >= 0.6 is 0 Å². The molecular weight excluding hydrogens is 218 g/mol. The number of rotatable bonds is 12. The highest BCUT2D eigenvalue weighted by Gasteiger charge is 2.17. The molecule has 0 saturated heterocycles. The topological polar surface area (TPSA) is 39.7 Å². The second-order valence-electron chi connectivity index (χ2n) is 5.00. The molecule has 0 aliphatic heterocycles. The van der Waals surface area contributed by atoms with Crippen LogP contribution in [0, 0.1) is 5.41 Å². The summed E-state index contributed by atoms with van der Waals surface area (Å²) in [5.41, 5.74) is 0.182. The fourth-order valence-electron chi connectivity index (χ4n) is 1.37. The minimum atomic E-state index is 0.182. The molecular formula is C13H29NO3. The van der Waals surface area contributed by atoms with Crippen LogP contribution in [0.4, 0.5) is 0 Å². The average Bonchev–Trinajstić information content (AvgIpc) is 2.28. The van der Waals surface area contributed by atoms with Crippen LogP contribution < -0.4 is 5.32 Å². The summed E-state index contributed by atoms with van der Waals surface area (Å²) in [6.45, 7) is 12.0. The maximum Gasteiger partial charge on any atom is 0.0701 e. The highest BCUT2D eigenvalue weighted by molar-refractivity contribution is 4.70. The van der Waals surface area contributed by atoms with Crippen molar-refractivity contribution in [1.82, 2.24) is 5.32 Å². The summed E-state index contributed by atoms with van der Waals surface area (Å²) in [7, 11) is 1.67. The fraction of sp³-hybridized carbons (Fsp3) is 1.00. The molecule has 4 nitrogen and oxygen atoms in total. The van der Waals surface area contributed by atoms with Crippen LogP contribution in [0.2, 0.25) is 0 Å². The van der Waals surface area contributed by atoms with Crippen molar-refractivity contribution in [2.45, 2.75) is 27.2 Å². The highest BCUT2D eigenvalue weighted by Crippen LogP contribution is 2.13. The lowest BCUT2D eigenvalue weighted by Crippen LogP contribution is -2.34. The molecule has 0 spiro atoms. The molecule has 0 heterocycles. The Morgan fingerprint density at radius 2 is 1.65 bits per heavy atom. The zero-order valence-electron chi connectivity index (χ0n) is 11.9. The number of methoxy groups -OCH3 is 1. The number of ether oxygens (including phenoxy) is 3. The van der Waals surface area contributed by atoms with Crippen molar-refractivity contribution in [3.8, 4) is 0 Å². The Hall–Kier alpha value is -0.160. The molecule has 1 N–H and O–H groups in total. The molecule has 0 aromatic heterocycles. The van der Waals surface area contributed by atoms with Gasteiger partial charge in [0, 0.05) is 19.1 Å². The Morgan fingerprint density at radius 1 is 1.00 bits per heavy atom. The van der Waals surface area contributed by atoms with Crippen LogP contribution in [-0.4, -0.2) is 53.2 Å². The van der Waals surface area contributed by atoms with Crippen molar-refractivity contribution in [2.24, 2.45) is 5.41 Å². The van der Waals surface area contributed by atoms with Gasteiger partial charge in [0.2, 0.25) is 0 Å². The summed E-state index contributed by atoms with van der Waals surface area (Å²) in [6, 6.07) is 0. The van der Waals surface area contributed by atoms with Gasteiger partial charge in [0.1, 0.15) is 0 Å². The van der Waals surface area contributed by atoms with Crippen LogP contribution in [0.3, 0.4) is 0 Å². The molecule has 17 heavy (non-hydrogen) atoms. The summed E-state index contributed by atoms with van der Waals surface area (Å²) >= 11 is 0. The van der Waals surface area contributed by atoms with Crippen molar-refractivity contribution in [2.75, 3.05) is 53.2 Å². The van der Waals surface area contributed by atoms with E-state index in [2.05, 4.69) is 26.1 Å². The van der Waals surface area contributed by atoms with Crippen molar-refractivity contribution >= 4 is 0 Å². The lowest BCUT2D eigenvalue weighted by atomic mass is 9.95. The van der Waals surface area contributed by atoms with Crippen molar-refractivity contribution in [3.05, 3.63) is 0 Å². The third-order valence-corrected chi connectivity index (χ3v) is 2.33. The number of hydrogen-bond acceptors (Lipinski definition) is 4. The molecule has 0 aliphatic rings. The van der Waals surface area contributed by atoms with Crippen molar-refractivity contribution in [1.29, 1.82) is 0 Å². The van der Waals surface area contributed by atoms with Gasteiger partial charge in [-0.05, 0) is 13.0 Å². The summed E-state index contributed by atoms with van der Waals surface area (Å²) < 4.78 is 15.8. The molecule has 0 aromatic carbocycles. The molecule has 0 rings (SSSR count). The van der Waals surface area contributed by atoms with E-state index in [1.807, 2.05) is 0 Å². The maximum absolute atomic E-state index is 5.60.